The van der Waals surface area contributed by atoms with Crippen LogP contribution >= 0.6 is 0 Å². The Morgan fingerprint density at radius 2 is 1.76 bits per heavy atom. The topological polar surface area (TPSA) is 40.6 Å². The molecule has 2 aromatic carbocycles. The fraction of sp³-hybridized carbons (Fsp3) is 0.182. The van der Waals surface area contributed by atoms with E-state index in [1.165, 1.54) is 17.0 Å². The van der Waals surface area contributed by atoms with Crippen LogP contribution in [0.25, 0.3) is 0 Å². The van der Waals surface area contributed by atoms with Crippen LogP contribution in [0, 0.1) is 0 Å². The van der Waals surface area contributed by atoms with Crippen LogP contribution in [0.15, 0.2) is 78.0 Å². The van der Waals surface area contributed by atoms with Crippen LogP contribution < -0.4 is 4.90 Å². The first kappa shape index (κ1) is 17.7. The van der Waals surface area contributed by atoms with Gasteiger partial charge in [-0.15, -0.1) is 0 Å². The number of imide groups is 1. The van der Waals surface area contributed by atoms with Crippen molar-refractivity contribution in [3.63, 3.8) is 0 Å². The maximum absolute atomic E-state index is 13.2. The molecule has 29 heavy (non-hydrogen) atoms. The van der Waals surface area contributed by atoms with Crippen LogP contribution in [0.4, 0.5) is 23.7 Å². The van der Waals surface area contributed by atoms with Gasteiger partial charge in [0.05, 0.1) is 16.8 Å². The average molecular weight is 396 g/mol. The summed E-state index contributed by atoms with van der Waals surface area (Å²) in [7, 11) is 0. The van der Waals surface area contributed by atoms with Crippen molar-refractivity contribution in [3.05, 3.63) is 89.1 Å². The molecule has 2 heterocycles. The van der Waals surface area contributed by atoms with Crippen LogP contribution in [0.5, 0.6) is 0 Å². The number of anilines is 1. The smallest absolute Gasteiger partial charge is 0.278 e. The molecule has 3 amide bonds. The normalized spacial score (nSPS) is 22.9. The molecular formula is C22H15F3N2O2. The van der Waals surface area contributed by atoms with Crippen molar-refractivity contribution < 1.29 is 22.8 Å². The summed E-state index contributed by atoms with van der Waals surface area (Å²) in [4.78, 5) is 28.6. The Morgan fingerprint density at radius 3 is 2.48 bits per heavy atom. The van der Waals surface area contributed by atoms with Gasteiger partial charge in [-0.2, -0.15) is 13.2 Å². The highest BCUT2D eigenvalue weighted by molar-refractivity contribution is 6.28. The van der Waals surface area contributed by atoms with Crippen LogP contribution in [0.1, 0.15) is 17.5 Å². The number of hydrogen-bond donors (Lipinski definition) is 0. The maximum Gasteiger partial charge on any atom is 0.416 e. The summed E-state index contributed by atoms with van der Waals surface area (Å²) in [6.45, 7) is 0. The van der Waals surface area contributed by atoms with Gasteiger partial charge < -0.3 is 0 Å². The molecule has 7 heteroatoms. The lowest BCUT2D eigenvalue weighted by atomic mass is 9.90. The Labute approximate surface area is 164 Å². The van der Waals surface area contributed by atoms with Crippen molar-refractivity contribution in [1.29, 1.82) is 0 Å². The van der Waals surface area contributed by atoms with E-state index in [0.29, 0.717) is 12.8 Å². The van der Waals surface area contributed by atoms with Gasteiger partial charge >= 0.3 is 12.2 Å². The molecule has 1 fully saturated rings. The molecular weight excluding hydrogens is 381 g/mol. The highest BCUT2D eigenvalue weighted by atomic mass is 19.4. The zero-order valence-electron chi connectivity index (χ0n) is 15.1. The fourth-order valence-corrected chi connectivity index (χ4v) is 4.40. The van der Waals surface area contributed by atoms with Crippen LogP contribution in [-0.4, -0.2) is 22.4 Å². The predicted octanol–water partition coefficient (Wildman–Crippen LogP) is 4.68. The van der Waals surface area contributed by atoms with Crippen molar-refractivity contribution >= 4 is 17.6 Å². The molecule has 3 aliphatic rings. The summed E-state index contributed by atoms with van der Waals surface area (Å²) in [5, 5.41) is 0. The summed E-state index contributed by atoms with van der Waals surface area (Å²) >= 11 is 0. The van der Waals surface area contributed by atoms with Gasteiger partial charge in [-0.25, -0.2) is 9.69 Å². The number of nitrogens with zero attached hydrogens (tertiary/aromatic N) is 2. The number of halogens is 3. The SMILES string of the molecule is O=C1C2=C3C=CC(Cc4ccccc4)(C3)N2C(=O)N1c1cccc(C(F)(F)F)c1. The van der Waals surface area contributed by atoms with Crippen LogP contribution in [0.3, 0.4) is 0 Å². The molecule has 1 atom stereocenters. The minimum atomic E-state index is -4.56. The molecule has 1 saturated heterocycles. The molecule has 2 aromatic rings. The van der Waals surface area contributed by atoms with E-state index in [4.69, 9.17) is 0 Å². The van der Waals surface area contributed by atoms with Gasteiger partial charge in [0.1, 0.15) is 5.70 Å². The Morgan fingerprint density at radius 1 is 1.00 bits per heavy atom. The molecule has 0 aromatic heterocycles. The van der Waals surface area contributed by atoms with E-state index in [1.807, 2.05) is 42.5 Å². The van der Waals surface area contributed by atoms with Crippen molar-refractivity contribution in [2.75, 3.05) is 4.90 Å². The number of carbonyl (C=O) groups is 2. The van der Waals surface area contributed by atoms with E-state index in [2.05, 4.69) is 0 Å². The third-order valence-electron chi connectivity index (χ3n) is 5.64. The Hall–Kier alpha value is -3.35. The molecule has 0 spiro atoms. The van der Waals surface area contributed by atoms with E-state index >= 15 is 0 Å². The first-order valence-corrected chi connectivity index (χ1v) is 9.12. The number of urea groups is 1. The third kappa shape index (κ3) is 2.53. The van der Waals surface area contributed by atoms with Gasteiger partial charge in [-0.3, -0.25) is 9.69 Å². The van der Waals surface area contributed by atoms with Gasteiger partial charge in [-0.1, -0.05) is 48.6 Å². The second kappa shape index (κ2) is 5.83. The first-order valence-electron chi connectivity index (χ1n) is 9.12. The number of alkyl halides is 3. The van der Waals surface area contributed by atoms with Crippen molar-refractivity contribution in [2.24, 2.45) is 0 Å². The highest BCUT2D eigenvalue weighted by Crippen LogP contribution is 2.50. The minimum absolute atomic E-state index is 0.0772. The van der Waals surface area contributed by atoms with E-state index in [-0.39, 0.29) is 11.4 Å². The molecule has 0 N–H and O–H groups in total. The number of fused-ring (bicyclic) bond motifs is 4. The molecule has 146 valence electrons. The molecule has 2 bridgehead atoms. The molecule has 5 rings (SSSR count). The number of benzene rings is 2. The van der Waals surface area contributed by atoms with Gasteiger partial charge in [-0.05, 0) is 29.3 Å². The monoisotopic (exact) mass is 396 g/mol. The van der Waals surface area contributed by atoms with Crippen molar-refractivity contribution in [2.45, 2.75) is 24.6 Å². The lowest BCUT2D eigenvalue weighted by Crippen LogP contribution is -2.47. The summed E-state index contributed by atoms with van der Waals surface area (Å²) in [5.74, 6) is -0.580. The molecule has 2 aliphatic heterocycles. The number of allylic oxidation sites excluding steroid dienone is 1. The second-order valence-electron chi connectivity index (χ2n) is 7.46. The van der Waals surface area contributed by atoms with Gasteiger partial charge in [0, 0.05) is 12.8 Å². The van der Waals surface area contributed by atoms with Crippen molar-refractivity contribution in [1.82, 2.24) is 4.90 Å². The first-order chi connectivity index (χ1) is 13.8. The summed E-state index contributed by atoms with van der Waals surface area (Å²) in [6.07, 6.45) is 0.252. The molecule has 0 radical (unpaired) electrons. The zero-order valence-corrected chi connectivity index (χ0v) is 15.1. The lowest BCUT2D eigenvalue weighted by molar-refractivity contribution is -0.137. The second-order valence-corrected chi connectivity index (χ2v) is 7.46. The van der Waals surface area contributed by atoms with E-state index in [0.717, 1.165) is 28.2 Å². The summed E-state index contributed by atoms with van der Waals surface area (Å²) in [5.41, 5.74) is 0.346. The number of carbonyl (C=O) groups excluding carboxylic acids is 2. The van der Waals surface area contributed by atoms with Crippen LogP contribution in [-0.2, 0) is 17.4 Å². The van der Waals surface area contributed by atoms with Gasteiger partial charge in [0.15, 0.2) is 0 Å². The predicted molar refractivity (Wildman–Crippen MR) is 99.8 cm³/mol. The lowest BCUT2D eigenvalue weighted by Gasteiger charge is -2.34. The quantitative estimate of drug-likeness (QED) is 0.707. The molecule has 1 aliphatic carbocycles. The van der Waals surface area contributed by atoms with Gasteiger partial charge in [0.2, 0.25) is 0 Å². The van der Waals surface area contributed by atoms with Crippen LogP contribution in [0.2, 0.25) is 0 Å². The summed E-state index contributed by atoms with van der Waals surface area (Å²) in [6, 6.07) is 13.3. The summed E-state index contributed by atoms with van der Waals surface area (Å²) < 4.78 is 39.3. The van der Waals surface area contributed by atoms with E-state index in [9.17, 15) is 22.8 Å². The standard InChI is InChI=1S/C22H15F3N2O2/c23-22(24,25)16-7-4-8-17(11-16)26-19(28)18-15-9-10-21(13-15,27(18)20(26)29)12-14-5-2-1-3-6-14/h1-11H,12-13H2. The maximum atomic E-state index is 13.2. The Bertz CT molecular complexity index is 1100. The fourth-order valence-electron chi connectivity index (χ4n) is 4.40. The average Bonchev–Trinajstić information content (AvgIpc) is 3.32. The van der Waals surface area contributed by atoms with E-state index < -0.39 is 29.2 Å². The Balaban J connectivity index is 1.54. The number of hydrogen-bond acceptors (Lipinski definition) is 2. The number of amides is 3. The Kier molecular flexibility index (Phi) is 3.56. The third-order valence-corrected chi connectivity index (χ3v) is 5.64. The van der Waals surface area contributed by atoms with Crippen molar-refractivity contribution in [3.8, 4) is 0 Å². The largest absolute Gasteiger partial charge is 0.416 e. The molecule has 4 nitrogen and oxygen atoms in total. The molecule has 1 unspecified atom stereocenters. The highest BCUT2D eigenvalue weighted by Gasteiger charge is 2.58. The number of rotatable bonds is 3. The van der Waals surface area contributed by atoms with E-state index in [1.54, 1.807) is 0 Å². The molecule has 0 saturated carbocycles. The minimum Gasteiger partial charge on any atom is -0.278 e. The van der Waals surface area contributed by atoms with Gasteiger partial charge in [0.25, 0.3) is 5.91 Å². The zero-order chi connectivity index (χ0) is 20.4.